The van der Waals surface area contributed by atoms with Crippen molar-refractivity contribution in [1.82, 2.24) is 0 Å². The second-order valence-corrected chi connectivity index (χ2v) is 3.44. The molecule has 0 aromatic heterocycles. The van der Waals surface area contributed by atoms with Crippen LogP contribution in [0.15, 0.2) is 30.3 Å². The molecule has 1 nitrogen and oxygen atoms in total. The molecule has 0 fully saturated rings. The molecule has 0 spiro atoms. The van der Waals surface area contributed by atoms with Crippen LogP contribution >= 0.6 is 0 Å². The van der Waals surface area contributed by atoms with Gasteiger partial charge in [0, 0.05) is 11.5 Å². The quantitative estimate of drug-likeness (QED) is 0.804. The van der Waals surface area contributed by atoms with Gasteiger partial charge < -0.3 is 5.73 Å². The van der Waals surface area contributed by atoms with Gasteiger partial charge in [-0.25, -0.2) is 8.78 Å². The molecule has 0 saturated heterocycles. The fourth-order valence-corrected chi connectivity index (χ4v) is 1.74. The van der Waals surface area contributed by atoms with Crippen LogP contribution in [0.5, 0.6) is 0 Å². The van der Waals surface area contributed by atoms with Crippen LogP contribution < -0.4 is 5.73 Å². The summed E-state index contributed by atoms with van der Waals surface area (Å²) in [6.45, 7) is 0.469. The van der Waals surface area contributed by atoms with Gasteiger partial charge in [0.2, 0.25) is 0 Å². The van der Waals surface area contributed by atoms with Crippen molar-refractivity contribution in [2.45, 2.75) is 6.42 Å². The third kappa shape index (κ3) is 1.83. The highest BCUT2D eigenvalue weighted by Gasteiger charge is 2.06. The molecule has 2 aromatic rings. The van der Waals surface area contributed by atoms with Crippen LogP contribution in [0.4, 0.5) is 8.78 Å². The Morgan fingerprint density at radius 3 is 2.60 bits per heavy atom. The van der Waals surface area contributed by atoms with Gasteiger partial charge in [-0.05, 0) is 30.0 Å². The molecule has 0 aliphatic rings. The van der Waals surface area contributed by atoms with Crippen LogP contribution in [0, 0.1) is 11.6 Å². The van der Waals surface area contributed by atoms with E-state index in [9.17, 15) is 8.78 Å². The van der Waals surface area contributed by atoms with E-state index in [-0.39, 0.29) is 0 Å². The maximum absolute atomic E-state index is 13.4. The SMILES string of the molecule is NCCc1cccc2c(F)cc(F)cc12. The Morgan fingerprint density at radius 2 is 1.87 bits per heavy atom. The topological polar surface area (TPSA) is 26.0 Å². The second kappa shape index (κ2) is 3.95. The van der Waals surface area contributed by atoms with Crippen molar-refractivity contribution in [3.05, 3.63) is 47.5 Å². The standard InChI is InChI=1S/C12H11F2N/c13-9-6-11-8(4-5-15)2-1-3-10(11)12(14)7-9/h1-3,6-7H,4-5,15H2. The van der Waals surface area contributed by atoms with Gasteiger partial charge in [-0.2, -0.15) is 0 Å². The van der Waals surface area contributed by atoms with Crippen molar-refractivity contribution < 1.29 is 8.78 Å². The number of halogens is 2. The molecule has 15 heavy (non-hydrogen) atoms. The van der Waals surface area contributed by atoms with Gasteiger partial charge in [0.05, 0.1) is 0 Å². The van der Waals surface area contributed by atoms with Gasteiger partial charge in [0.25, 0.3) is 0 Å². The predicted octanol–water partition coefficient (Wildman–Crippen LogP) is 2.62. The molecular formula is C12H11F2N. The monoisotopic (exact) mass is 207 g/mol. The molecular weight excluding hydrogens is 196 g/mol. The predicted molar refractivity (Wildman–Crippen MR) is 56.6 cm³/mol. The number of hydrogen-bond acceptors (Lipinski definition) is 1. The lowest BCUT2D eigenvalue weighted by molar-refractivity contribution is 0.592. The molecule has 0 heterocycles. The van der Waals surface area contributed by atoms with E-state index >= 15 is 0 Å². The van der Waals surface area contributed by atoms with Crippen LogP contribution in [0.2, 0.25) is 0 Å². The minimum Gasteiger partial charge on any atom is -0.330 e. The van der Waals surface area contributed by atoms with Gasteiger partial charge in [-0.1, -0.05) is 18.2 Å². The molecule has 2 aromatic carbocycles. The van der Waals surface area contributed by atoms with E-state index in [0.29, 0.717) is 23.7 Å². The first kappa shape index (κ1) is 10.1. The van der Waals surface area contributed by atoms with Crippen LogP contribution in [0.3, 0.4) is 0 Å². The largest absolute Gasteiger partial charge is 0.330 e. The highest BCUT2D eigenvalue weighted by atomic mass is 19.1. The zero-order chi connectivity index (χ0) is 10.8. The van der Waals surface area contributed by atoms with Crippen molar-refractivity contribution >= 4 is 10.8 Å². The first-order chi connectivity index (χ1) is 7.22. The Morgan fingerprint density at radius 1 is 1.07 bits per heavy atom. The average Bonchev–Trinajstić information content (AvgIpc) is 2.19. The molecule has 78 valence electrons. The molecule has 0 atom stereocenters. The van der Waals surface area contributed by atoms with E-state index in [1.807, 2.05) is 6.07 Å². The molecule has 0 bridgehead atoms. The fraction of sp³-hybridized carbons (Fsp3) is 0.167. The lowest BCUT2D eigenvalue weighted by Gasteiger charge is -2.06. The van der Waals surface area contributed by atoms with E-state index in [1.54, 1.807) is 12.1 Å². The first-order valence-corrected chi connectivity index (χ1v) is 4.79. The molecule has 2 N–H and O–H groups in total. The van der Waals surface area contributed by atoms with Crippen LogP contribution in [-0.2, 0) is 6.42 Å². The number of fused-ring (bicyclic) bond motifs is 1. The summed E-state index contributed by atoms with van der Waals surface area (Å²) >= 11 is 0. The summed E-state index contributed by atoms with van der Waals surface area (Å²) in [5.41, 5.74) is 6.32. The lowest BCUT2D eigenvalue weighted by Crippen LogP contribution is -2.03. The van der Waals surface area contributed by atoms with Gasteiger partial charge in [-0.15, -0.1) is 0 Å². The summed E-state index contributed by atoms with van der Waals surface area (Å²) < 4.78 is 26.4. The zero-order valence-electron chi connectivity index (χ0n) is 8.13. The Balaban J connectivity index is 2.73. The van der Waals surface area contributed by atoms with E-state index < -0.39 is 11.6 Å². The molecule has 3 heteroatoms. The smallest absolute Gasteiger partial charge is 0.133 e. The summed E-state index contributed by atoms with van der Waals surface area (Å²) in [7, 11) is 0. The minimum atomic E-state index is -0.551. The van der Waals surface area contributed by atoms with Gasteiger partial charge >= 0.3 is 0 Å². The summed E-state index contributed by atoms with van der Waals surface area (Å²) in [5, 5.41) is 1.06. The molecule has 0 radical (unpaired) electrons. The van der Waals surface area contributed by atoms with Gasteiger partial charge in [0.15, 0.2) is 0 Å². The third-order valence-corrected chi connectivity index (χ3v) is 2.41. The molecule has 0 aliphatic carbocycles. The fourth-order valence-electron chi connectivity index (χ4n) is 1.74. The second-order valence-electron chi connectivity index (χ2n) is 3.44. The lowest BCUT2D eigenvalue weighted by atomic mass is 10.0. The van der Waals surface area contributed by atoms with Crippen molar-refractivity contribution in [3.8, 4) is 0 Å². The Labute approximate surface area is 86.5 Å². The average molecular weight is 207 g/mol. The summed E-state index contributed by atoms with van der Waals surface area (Å²) in [4.78, 5) is 0. The van der Waals surface area contributed by atoms with Gasteiger partial charge in [0.1, 0.15) is 11.6 Å². The van der Waals surface area contributed by atoms with Crippen molar-refractivity contribution in [2.24, 2.45) is 5.73 Å². The highest BCUT2D eigenvalue weighted by molar-refractivity contribution is 5.86. The highest BCUT2D eigenvalue weighted by Crippen LogP contribution is 2.23. The molecule has 2 rings (SSSR count). The summed E-state index contributed by atoms with van der Waals surface area (Å²) in [5.74, 6) is -1.08. The number of benzene rings is 2. The van der Waals surface area contributed by atoms with E-state index in [4.69, 9.17) is 5.73 Å². The van der Waals surface area contributed by atoms with Crippen LogP contribution in [-0.4, -0.2) is 6.54 Å². The maximum Gasteiger partial charge on any atom is 0.133 e. The molecule has 0 amide bonds. The number of nitrogens with two attached hydrogens (primary N) is 1. The number of rotatable bonds is 2. The summed E-state index contributed by atoms with van der Waals surface area (Å²) in [6, 6.07) is 7.49. The zero-order valence-corrected chi connectivity index (χ0v) is 8.13. The van der Waals surface area contributed by atoms with Crippen molar-refractivity contribution in [2.75, 3.05) is 6.54 Å². The van der Waals surface area contributed by atoms with Crippen molar-refractivity contribution in [1.29, 1.82) is 0 Å². The minimum absolute atomic E-state index is 0.447. The molecule has 0 unspecified atom stereocenters. The maximum atomic E-state index is 13.4. The van der Waals surface area contributed by atoms with Crippen molar-refractivity contribution in [3.63, 3.8) is 0 Å². The van der Waals surface area contributed by atoms with Crippen LogP contribution in [0.25, 0.3) is 10.8 Å². The van der Waals surface area contributed by atoms with E-state index in [2.05, 4.69) is 0 Å². The Hall–Kier alpha value is -1.48. The van der Waals surface area contributed by atoms with Gasteiger partial charge in [-0.3, -0.25) is 0 Å². The third-order valence-electron chi connectivity index (χ3n) is 2.41. The first-order valence-electron chi connectivity index (χ1n) is 4.79. The number of hydrogen-bond donors (Lipinski definition) is 1. The van der Waals surface area contributed by atoms with E-state index in [1.165, 1.54) is 6.07 Å². The molecule has 0 saturated carbocycles. The molecule has 0 aliphatic heterocycles. The van der Waals surface area contributed by atoms with Crippen LogP contribution in [0.1, 0.15) is 5.56 Å². The Kier molecular flexibility index (Phi) is 2.64. The van der Waals surface area contributed by atoms with E-state index in [0.717, 1.165) is 11.6 Å². The normalized spacial score (nSPS) is 10.9. The summed E-state index contributed by atoms with van der Waals surface area (Å²) in [6.07, 6.45) is 0.625. The Bertz CT molecular complexity index is 494.